The van der Waals surface area contributed by atoms with Crippen LogP contribution in [0.2, 0.25) is 0 Å². The highest BCUT2D eigenvalue weighted by molar-refractivity contribution is 5.85. The van der Waals surface area contributed by atoms with Gasteiger partial charge in [0.2, 0.25) is 0 Å². The first-order chi connectivity index (χ1) is 6.49. The number of rotatable bonds is 1. The number of fused-ring (bicyclic) bond motifs is 1. The highest BCUT2D eigenvalue weighted by atomic mass is 35.5. The molecule has 15 heavy (non-hydrogen) atoms. The molecule has 0 saturated carbocycles. The first kappa shape index (κ1) is 12.3. The molecule has 0 aromatic heterocycles. The van der Waals surface area contributed by atoms with Crippen molar-refractivity contribution in [2.75, 3.05) is 0 Å². The molecule has 2 nitrogen and oxygen atoms in total. The van der Waals surface area contributed by atoms with E-state index in [1.54, 1.807) is 0 Å². The molecule has 0 saturated heterocycles. The van der Waals surface area contributed by atoms with Gasteiger partial charge in [0.05, 0.1) is 0 Å². The largest absolute Gasteiger partial charge is 0.487 e. The summed E-state index contributed by atoms with van der Waals surface area (Å²) >= 11 is 0. The topological polar surface area (TPSA) is 35.2 Å². The van der Waals surface area contributed by atoms with Crippen molar-refractivity contribution >= 4 is 12.4 Å². The summed E-state index contributed by atoms with van der Waals surface area (Å²) in [6, 6.07) is 6.21. The molecule has 3 heteroatoms. The van der Waals surface area contributed by atoms with Crippen molar-refractivity contribution in [1.82, 2.24) is 0 Å². The average molecular weight is 228 g/mol. The third-order valence-electron chi connectivity index (χ3n) is 2.65. The van der Waals surface area contributed by atoms with Gasteiger partial charge in [-0.15, -0.1) is 12.4 Å². The Morgan fingerprint density at radius 2 is 2.07 bits per heavy atom. The minimum Gasteiger partial charge on any atom is -0.487 e. The zero-order valence-corrected chi connectivity index (χ0v) is 10.2. The predicted octanol–water partition coefficient (Wildman–Crippen LogP) is 2.84. The molecule has 1 aliphatic heterocycles. The molecule has 0 spiro atoms. The van der Waals surface area contributed by atoms with E-state index in [4.69, 9.17) is 10.5 Å². The van der Waals surface area contributed by atoms with Gasteiger partial charge in [0.15, 0.2) is 0 Å². The first-order valence-corrected chi connectivity index (χ1v) is 5.06. The number of benzene rings is 1. The molecule has 1 aromatic carbocycles. The third-order valence-corrected chi connectivity index (χ3v) is 2.65. The zero-order valence-electron chi connectivity index (χ0n) is 9.41. The van der Waals surface area contributed by atoms with Crippen LogP contribution in [-0.2, 0) is 6.42 Å². The highest BCUT2D eigenvalue weighted by Crippen LogP contribution is 2.38. The summed E-state index contributed by atoms with van der Waals surface area (Å²) in [5.41, 5.74) is 8.34. The lowest BCUT2D eigenvalue weighted by molar-refractivity contribution is 0.138. The van der Waals surface area contributed by atoms with Crippen LogP contribution in [0.3, 0.4) is 0 Å². The quantitative estimate of drug-likeness (QED) is 0.801. The molecular formula is C12H18ClNO. The molecule has 0 unspecified atom stereocenters. The molecule has 1 heterocycles. The van der Waals surface area contributed by atoms with Crippen molar-refractivity contribution in [1.29, 1.82) is 0 Å². The van der Waals surface area contributed by atoms with Crippen LogP contribution in [0.1, 0.15) is 37.9 Å². The van der Waals surface area contributed by atoms with Crippen LogP contribution in [0.5, 0.6) is 5.75 Å². The Kier molecular flexibility index (Phi) is 3.31. The molecule has 0 bridgehead atoms. The number of nitrogens with two attached hydrogens (primary N) is 1. The van der Waals surface area contributed by atoms with Crippen LogP contribution < -0.4 is 10.5 Å². The maximum Gasteiger partial charge on any atom is 0.123 e. The molecule has 0 fully saturated rings. The number of ether oxygens (including phenoxy) is 1. The minimum absolute atomic E-state index is 0. The van der Waals surface area contributed by atoms with Crippen molar-refractivity contribution in [3.05, 3.63) is 29.3 Å². The number of hydrogen-bond donors (Lipinski definition) is 1. The summed E-state index contributed by atoms with van der Waals surface area (Å²) in [4.78, 5) is 0. The van der Waals surface area contributed by atoms with Crippen molar-refractivity contribution in [3.63, 3.8) is 0 Å². The molecule has 0 aliphatic carbocycles. The summed E-state index contributed by atoms with van der Waals surface area (Å²) in [6.07, 6.45) is 0.958. The first-order valence-electron chi connectivity index (χ1n) is 5.06. The van der Waals surface area contributed by atoms with E-state index in [2.05, 4.69) is 19.9 Å². The maximum atomic E-state index is 5.92. The van der Waals surface area contributed by atoms with Gasteiger partial charge in [-0.2, -0.15) is 0 Å². The van der Waals surface area contributed by atoms with Crippen molar-refractivity contribution in [3.8, 4) is 5.75 Å². The fraction of sp³-hybridized carbons (Fsp3) is 0.500. The molecule has 1 atom stereocenters. The van der Waals surface area contributed by atoms with Gasteiger partial charge in [0.25, 0.3) is 0 Å². The second-order valence-electron chi connectivity index (χ2n) is 4.65. The van der Waals surface area contributed by atoms with Gasteiger partial charge in [0.1, 0.15) is 11.4 Å². The lowest BCUT2D eigenvalue weighted by Gasteiger charge is -2.16. The Labute approximate surface area is 97.2 Å². The minimum atomic E-state index is -0.0761. The Bertz CT molecular complexity index is 361. The third kappa shape index (κ3) is 2.27. The van der Waals surface area contributed by atoms with Gasteiger partial charge in [-0.1, -0.05) is 12.1 Å². The van der Waals surface area contributed by atoms with Crippen LogP contribution >= 0.6 is 12.4 Å². The Hall–Kier alpha value is -0.730. The Morgan fingerprint density at radius 1 is 1.40 bits per heavy atom. The van der Waals surface area contributed by atoms with Gasteiger partial charge in [-0.25, -0.2) is 0 Å². The average Bonchev–Trinajstić information content (AvgIpc) is 2.36. The molecule has 1 aliphatic rings. The molecule has 84 valence electrons. The monoisotopic (exact) mass is 227 g/mol. The summed E-state index contributed by atoms with van der Waals surface area (Å²) in [5.74, 6) is 1.00. The zero-order chi connectivity index (χ0) is 10.3. The lowest BCUT2D eigenvalue weighted by Crippen LogP contribution is -2.25. The maximum absolute atomic E-state index is 5.92. The SMILES string of the molecule is C[C@@H](N)c1cccc2c1CC(C)(C)O2.Cl. The second kappa shape index (κ2) is 4.03. The molecule has 2 rings (SSSR count). The van der Waals surface area contributed by atoms with Gasteiger partial charge >= 0.3 is 0 Å². The summed E-state index contributed by atoms with van der Waals surface area (Å²) in [5, 5.41) is 0. The fourth-order valence-corrected chi connectivity index (χ4v) is 2.05. The van der Waals surface area contributed by atoms with Crippen LogP contribution in [0, 0.1) is 0 Å². The summed E-state index contributed by atoms with van der Waals surface area (Å²) in [6.45, 7) is 6.23. The molecule has 0 radical (unpaired) electrons. The van der Waals surface area contributed by atoms with Crippen LogP contribution in [0.25, 0.3) is 0 Å². The van der Waals surface area contributed by atoms with Crippen LogP contribution in [-0.4, -0.2) is 5.60 Å². The lowest BCUT2D eigenvalue weighted by atomic mass is 9.94. The van der Waals surface area contributed by atoms with Crippen LogP contribution in [0.4, 0.5) is 0 Å². The van der Waals surface area contributed by atoms with Crippen LogP contribution in [0.15, 0.2) is 18.2 Å². The fourth-order valence-electron chi connectivity index (χ4n) is 2.05. The van der Waals surface area contributed by atoms with E-state index in [9.17, 15) is 0 Å². The smallest absolute Gasteiger partial charge is 0.123 e. The summed E-state index contributed by atoms with van der Waals surface area (Å²) in [7, 11) is 0. The van der Waals surface area contributed by atoms with Crippen molar-refractivity contribution in [2.24, 2.45) is 5.73 Å². The highest BCUT2D eigenvalue weighted by Gasteiger charge is 2.31. The predicted molar refractivity (Wildman–Crippen MR) is 64.7 cm³/mol. The van der Waals surface area contributed by atoms with E-state index in [-0.39, 0.29) is 24.0 Å². The van der Waals surface area contributed by atoms with Gasteiger partial charge in [-0.3, -0.25) is 0 Å². The normalized spacial score (nSPS) is 18.7. The standard InChI is InChI=1S/C12H17NO.ClH/c1-8(13)9-5-4-6-11-10(9)7-12(2,3)14-11;/h4-6,8H,7,13H2,1-3H3;1H/t8-;/m1./s1. The van der Waals surface area contributed by atoms with Gasteiger partial charge < -0.3 is 10.5 Å². The van der Waals surface area contributed by atoms with E-state index < -0.39 is 0 Å². The van der Waals surface area contributed by atoms with E-state index in [0.717, 1.165) is 12.2 Å². The van der Waals surface area contributed by atoms with E-state index in [0.29, 0.717) is 0 Å². The molecular weight excluding hydrogens is 210 g/mol. The second-order valence-corrected chi connectivity index (χ2v) is 4.65. The Balaban J connectivity index is 0.00000112. The van der Waals surface area contributed by atoms with Gasteiger partial charge in [-0.05, 0) is 32.4 Å². The number of halogens is 1. The molecule has 1 aromatic rings. The van der Waals surface area contributed by atoms with Crippen molar-refractivity contribution in [2.45, 2.75) is 38.8 Å². The molecule has 2 N–H and O–H groups in total. The number of hydrogen-bond acceptors (Lipinski definition) is 2. The van der Waals surface area contributed by atoms with Crippen molar-refractivity contribution < 1.29 is 4.74 Å². The van der Waals surface area contributed by atoms with Gasteiger partial charge in [0, 0.05) is 18.0 Å². The Morgan fingerprint density at radius 3 is 2.67 bits per heavy atom. The molecule has 0 amide bonds. The van der Waals surface area contributed by atoms with E-state index in [1.807, 2.05) is 19.1 Å². The van der Waals surface area contributed by atoms with E-state index >= 15 is 0 Å². The van der Waals surface area contributed by atoms with E-state index in [1.165, 1.54) is 11.1 Å². The summed E-state index contributed by atoms with van der Waals surface area (Å²) < 4.78 is 5.83.